The minimum Gasteiger partial charge on any atom is -0.307 e. The Morgan fingerprint density at radius 3 is 2.82 bits per heavy atom. The van der Waals surface area contributed by atoms with E-state index in [1.807, 2.05) is 6.07 Å². The topological polar surface area (TPSA) is 12.0 Å². The maximum absolute atomic E-state index is 13.2. The fourth-order valence-corrected chi connectivity index (χ4v) is 2.82. The summed E-state index contributed by atoms with van der Waals surface area (Å²) in [4.78, 5) is 0. The van der Waals surface area contributed by atoms with Crippen LogP contribution in [0.25, 0.3) is 0 Å². The number of nitrogens with one attached hydrogen (secondary N) is 1. The first-order chi connectivity index (χ1) is 8.19. The molecular formula is C15H22FN. The van der Waals surface area contributed by atoms with Gasteiger partial charge in [0.15, 0.2) is 0 Å². The van der Waals surface area contributed by atoms with Crippen molar-refractivity contribution < 1.29 is 4.39 Å². The number of hydrogen-bond acceptors (Lipinski definition) is 1. The number of hydrogen-bond donors (Lipinski definition) is 1. The van der Waals surface area contributed by atoms with E-state index in [9.17, 15) is 4.39 Å². The average Bonchev–Trinajstić information content (AvgIpc) is 2.72. The molecule has 1 N–H and O–H groups in total. The molecule has 0 amide bonds. The van der Waals surface area contributed by atoms with E-state index in [-0.39, 0.29) is 5.82 Å². The fourth-order valence-electron chi connectivity index (χ4n) is 2.82. The van der Waals surface area contributed by atoms with Crippen LogP contribution < -0.4 is 5.32 Å². The Bertz CT molecular complexity index is 364. The van der Waals surface area contributed by atoms with E-state index in [1.54, 1.807) is 12.1 Å². The summed E-state index contributed by atoms with van der Waals surface area (Å²) in [5.74, 6) is 0.694. The first-order valence-electron chi connectivity index (χ1n) is 6.70. The number of rotatable bonds is 4. The molecule has 2 heteroatoms. The van der Waals surface area contributed by atoms with Gasteiger partial charge in [0.1, 0.15) is 5.82 Å². The standard InChI is InChI=1S/C15H22FN/c1-3-15(12-5-4-6-13(16)10-12)17-14-8-7-11(2)9-14/h4-6,10-11,14-15,17H,3,7-9H2,1-2H3. The molecule has 0 aliphatic heterocycles. The molecule has 3 unspecified atom stereocenters. The molecule has 1 nitrogen and oxygen atoms in total. The van der Waals surface area contributed by atoms with Gasteiger partial charge in [0, 0.05) is 12.1 Å². The summed E-state index contributed by atoms with van der Waals surface area (Å²) in [6.45, 7) is 4.46. The van der Waals surface area contributed by atoms with Crippen LogP contribution in [-0.2, 0) is 0 Å². The molecule has 1 aromatic rings. The minimum absolute atomic E-state index is 0.137. The highest BCUT2D eigenvalue weighted by molar-refractivity contribution is 5.20. The molecule has 17 heavy (non-hydrogen) atoms. The average molecular weight is 235 g/mol. The Hall–Kier alpha value is -0.890. The minimum atomic E-state index is -0.137. The molecule has 1 fully saturated rings. The monoisotopic (exact) mass is 235 g/mol. The molecule has 0 spiro atoms. The van der Waals surface area contributed by atoms with Crippen molar-refractivity contribution >= 4 is 0 Å². The maximum atomic E-state index is 13.2. The smallest absolute Gasteiger partial charge is 0.123 e. The highest BCUT2D eigenvalue weighted by Crippen LogP contribution is 2.28. The second kappa shape index (κ2) is 5.63. The zero-order valence-corrected chi connectivity index (χ0v) is 10.7. The van der Waals surface area contributed by atoms with Crippen molar-refractivity contribution in [2.24, 2.45) is 5.92 Å². The van der Waals surface area contributed by atoms with Crippen molar-refractivity contribution in [2.75, 3.05) is 0 Å². The molecule has 1 aromatic carbocycles. The van der Waals surface area contributed by atoms with E-state index in [0.717, 1.165) is 17.9 Å². The van der Waals surface area contributed by atoms with Gasteiger partial charge < -0.3 is 5.32 Å². The molecular weight excluding hydrogens is 213 g/mol. The van der Waals surface area contributed by atoms with Crippen molar-refractivity contribution in [1.82, 2.24) is 5.32 Å². The van der Waals surface area contributed by atoms with Crippen molar-refractivity contribution in [3.63, 3.8) is 0 Å². The third kappa shape index (κ3) is 3.29. The van der Waals surface area contributed by atoms with Crippen LogP contribution >= 0.6 is 0 Å². The highest BCUT2D eigenvalue weighted by Gasteiger charge is 2.23. The lowest BCUT2D eigenvalue weighted by Crippen LogP contribution is -2.30. The van der Waals surface area contributed by atoms with Crippen LogP contribution in [0.5, 0.6) is 0 Å². The summed E-state index contributed by atoms with van der Waals surface area (Å²) in [5.41, 5.74) is 1.08. The van der Waals surface area contributed by atoms with Gasteiger partial charge in [-0.25, -0.2) is 4.39 Å². The van der Waals surface area contributed by atoms with Crippen LogP contribution in [0.3, 0.4) is 0 Å². The van der Waals surface area contributed by atoms with Gasteiger partial charge in [-0.3, -0.25) is 0 Å². The van der Waals surface area contributed by atoms with E-state index in [0.29, 0.717) is 12.1 Å². The zero-order chi connectivity index (χ0) is 12.3. The largest absolute Gasteiger partial charge is 0.307 e. The van der Waals surface area contributed by atoms with Crippen LogP contribution in [0, 0.1) is 11.7 Å². The number of benzene rings is 1. The fraction of sp³-hybridized carbons (Fsp3) is 0.600. The Morgan fingerprint density at radius 2 is 2.24 bits per heavy atom. The van der Waals surface area contributed by atoms with E-state index < -0.39 is 0 Å². The Morgan fingerprint density at radius 1 is 1.41 bits per heavy atom. The summed E-state index contributed by atoms with van der Waals surface area (Å²) in [6.07, 6.45) is 4.84. The third-order valence-electron chi connectivity index (χ3n) is 3.79. The van der Waals surface area contributed by atoms with E-state index in [1.165, 1.54) is 25.3 Å². The van der Waals surface area contributed by atoms with Gasteiger partial charge >= 0.3 is 0 Å². The van der Waals surface area contributed by atoms with Crippen LogP contribution in [0.2, 0.25) is 0 Å². The summed E-state index contributed by atoms with van der Waals surface area (Å²) in [6, 6.07) is 7.88. The van der Waals surface area contributed by atoms with Gasteiger partial charge in [0.2, 0.25) is 0 Å². The Kier molecular flexibility index (Phi) is 4.16. The van der Waals surface area contributed by atoms with Crippen LogP contribution in [-0.4, -0.2) is 6.04 Å². The van der Waals surface area contributed by atoms with Gasteiger partial charge in [0.25, 0.3) is 0 Å². The quantitative estimate of drug-likeness (QED) is 0.830. The molecule has 94 valence electrons. The van der Waals surface area contributed by atoms with E-state index in [4.69, 9.17) is 0 Å². The summed E-state index contributed by atoms with van der Waals surface area (Å²) in [7, 11) is 0. The van der Waals surface area contributed by atoms with Crippen molar-refractivity contribution in [3.05, 3.63) is 35.6 Å². The molecule has 0 aromatic heterocycles. The van der Waals surface area contributed by atoms with Gasteiger partial charge in [-0.15, -0.1) is 0 Å². The Balaban J connectivity index is 2.01. The van der Waals surface area contributed by atoms with Crippen molar-refractivity contribution in [2.45, 2.75) is 51.6 Å². The molecule has 1 aliphatic rings. The molecule has 3 atom stereocenters. The highest BCUT2D eigenvalue weighted by atomic mass is 19.1. The van der Waals surface area contributed by atoms with Gasteiger partial charge in [0.05, 0.1) is 0 Å². The predicted molar refractivity (Wildman–Crippen MR) is 69.4 cm³/mol. The molecule has 0 heterocycles. The van der Waals surface area contributed by atoms with Crippen molar-refractivity contribution in [3.8, 4) is 0 Å². The van der Waals surface area contributed by atoms with E-state index in [2.05, 4.69) is 19.2 Å². The summed E-state index contributed by atoms with van der Waals surface area (Å²) >= 11 is 0. The van der Waals surface area contributed by atoms with Crippen LogP contribution in [0.15, 0.2) is 24.3 Å². The predicted octanol–water partition coefficient (Wildman–Crippen LogP) is 4.06. The lowest BCUT2D eigenvalue weighted by atomic mass is 10.0. The molecule has 1 aliphatic carbocycles. The van der Waals surface area contributed by atoms with Gasteiger partial charge in [-0.1, -0.05) is 26.0 Å². The lowest BCUT2D eigenvalue weighted by Gasteiger charge is -2.22. The second-order valence-electron chi connectivity index (χ2n) is 5.30. The summed E-state index contributed by atoms with van der Waals surface area (Å²) < 4.78 is 13.2. The molecule has 2 rings (SSSR count). The van der Waals surface area contributed by atoms with E-state index >= 15 is 0 Å². The van der Waals surface area contributed by atoms with Crippen LogP contribution in [0.1, 0.15) is 51.1 Å². The SMILES string of the molecule is CCC(NC1CCC(C)C1)c1cccc(F)c1. The normalized spacial score (nSPS) is 26.1. The number of halogens is 1. The first-order valence-corrected chi connectivity index (χ1v) is 6.70. The van der Waals surface area contributed by atoms with Gasteiger partial charge in [-0.2, -0.15) is 0 Å². The summed E-state index contributed by atoms with van der Waals surface area (Å²) in [5, 5.41) is 3.67. The third-order valence-corrected chi connectivity index (χ3v) is 3.79. The Labute approximate surface area is 103 Å². The molecule has 0 saturated heterocycles. The molecule has 1 saturated carbocycles. The van der Waals surface area contributed by atoms with Crippen LogP contribution in [0.4, 0.5) is 4.39 Å². The molecule has 0 bridgehead atoms. The van der Waals surface area contributed by atoms with Crippen molar-refractivity contribution in [1.29, 1.82) is 0 Å². The zero-order valence-electron chi connectivity index (χ0n) is 10.7. The first kappa shape index (κ1) is 12.6. The second-order valence-corrected chi connectivity index (χ2v) is 5.30. The maximum Gasteiger partial charge on any atom is 0.123 e. The lowest BCUT2D eigenvalue weighted by molar-refractivity contribution is 0.420. The molecule has 0 radical (unpaired) electrons. The van der Waals surface area contributed by atoms with Gasteiger partial charge in [-0.05, 0) is 49.3 Å².